The van der Waals surface area contributed by atoms with Crippen molar-refractivity contribution < 1.29 is 9.26 Å². The predicted molar refractivity (Wildman–Crippen MR) is 67.1 cm³/mol. The summed E-state index contributed by atoms with van der Waals surface area (Å²) < 4.78 is 10.9. The quantitative estimate of drug-likeness (QED) is 0.816. The Kier molecular flexibility index (Phi) is 5.10. The van der Waals surface area contributed by atoms with Crippen molar-refractivity contribution in [3.8, 4) is 0 Å². The molecule has 2 heterocycles. The number of ether oxygens (including phenoxy) is 1. The Morgan fingerprint density at radius 2 is 2.17 bits per heavy atom. The maximum atomic E-state index is 5.57. The van der Waals surface area contributed by atoms with Crippen LogP contribution < -0.4 is 5.32 Å². The van der Waals surface area contributed by atoms with Gasteiger partial charge in [-0.05, 0) is 13.3 Å². The van der Waals surface area contributed by atoms with Crippen molar-refractivity contribution >= 4 is 0 Å². The Balaban J connectivity index is 1.92. The van der Waals surface area contributed by atoms with Gasteiger partial charge in [0.15, 0.2) is 0 Å². The number of nitrogens with zero attached hydrogens (tertiary/aromatic N) is 3. The molecule has 0 saturated carbocycles. The minimum absolute atomic E-state index is 0.0458. The fourth-order valence-electron chi connectivity index (χ4n) is 2.10. The van der Waals surface area contributed by atoms with Crippen molar-refractivity contribution in [2.75, 3.05) is 32.8 Å². The fraction of sp³-hybridized carbons (Fsp3) is 0.833. The second-order valence-electron chi connectivity index (χ2n) is 4.42. The van der Waals surface area contributed by atoms with Gasteiger partial charge in [0.05, 0.1) is 6.54 Å². The van der Waals surface area contributed by atoms with Crippen LogP contribution in [0.3, 0.4) is 0 Å². The number of hydrogen-bond acceptors (Lipinski definition) is 6. The second-order valence-corrected chi connectivity index (χ2v) is 4.42. The molecule has 102 valence electrons. The molecule has 2 rings (SSSR count). The largest absolute Gasteiger partial charge is 0.370 e. The van der Waals surface area contributed by atoms with Crippen molar-refractivity contribution in [1.29, 1.82) is 0 Å². The summed E-state index contributed by atoms with van der Waals surface area (Å²) >= 11 is 0. The van der Waals surface area contributed by atoms with E-state index in [-0.39, 0.29) is 6.10 Å². The molecule has 0 aromatic carbocycles. The summed E-state index contributed by atoms with van der Waals surface area (Å²) in [6.07, 6.45) is 0.816. The molecule has 1 N–H and O–H groups in total. The van der Waals surface area contributed by atoms with E-state index >= 15 is 0 Å². The topological polar surface area (TPSA) is 63.4 Å². The third-order valence-corrected chi connectivity index (χ3v) is 3.08. The first-order valence-corrected chi connectivity index (χ1v) is 6.70. The van der Waals surface area contributed by atoms with Crippen molar-refractivity contribution in [1.82, 2.24) is 20.4 Å². The highest BCUT2D eigenvalue weighted by molar-refractivity contribution is 4.91. The van der Waals surface area contributed by atoms with Crippen LogP contribution in [-0.2, 0) is 11.3 Å². The number of hydrogen-bond donors (Lipinski definition) is 1. The van der Waals surface area contributed by atoms with Gasteiger partial charge in [-0.3, -0.25) is 4.90 Å². The highest BCUT2D eigenvalue weighted by Gasteiger charge is 2.18. The van der Waals surface area contributed by atoms with Crippen LogP contribution in [0, 0.1) is 0 Å². The average Bonchev–Trinajstić information content (AvgIpc) is 2.85. The van der Waals surface area contributed by atoms with E-state index < -0.39 is 0 Å². The Hall–Kier alpha value is -0.980. The number of piperazine rings is 1. The molecule has 18 heavy (non-hydrogen) atoms. The summed E-state index contributed by atoms with van der Waals surface area (Å²) in [4.78, 5) is 6.74. The lowest BCUT2D eigenvalue weighted by molar-refractivity contribution is 0.0518. The molecular formula is C12H22N4O2. The zero-order valence-corrected chi connectivity index (χ0v) is 11.2. The first-order valence-electron chi connectivity index (χ1n) is 6.70. The van der Waals surface area contributed by atoms with E-state index in [4.69, 9.17) is 9.26 Å². The molecule has 1 aliphatic heterocycles. The molecule has 6 nitrogen and oxygen atoms in total. The van der Waals surface area contributed by atoms with Gasteiger partial charge >= 0.3 is 0 Å². The molecule has 0 bridgehead atoms. The van der Waals surface area contributed by atoms with Gasteiger partial charge in [0.1, 0.15) is 6.10 Å². The molecule has 0 radical (unpaired) electrons. The Morgan fingerprint density at radius 3 is 2.83 bits per heavy atom. The van der Waals surface area contributed by atoms with Gasteiger partial charge in [-0.2, -0.15) is 4.98 Å². The highest BCUT2D eigenvalue weighted by atomic mass is 16.5. The van der Waals surface area contributed by atoms with E-state index in [1.54, 1.807) is 0 Å². The summed E-state index contributed by atoms with van der Waals surface area (Å²) in [6, 6.07) is 0. The van der Waals surface area contributed by atoms with Crippen molar-refractivity contribution in [2.24, 2.45) is 0 Å². The SMILES string of the molecule is CCOC(CC)c1noc(CN2CCNCC2)n1. The Morgan fingerprint density at radius 1 is 1.39 bits per heavy atom. The van der Waals surface area contributed by atoms with Crippen LogP contribution in [-0.4, -0.2) is 47.8 Å². The summed E-state index contributed by atoms with van der Waals surface area (Å²) in [7, 11) is 0. The standard InChI is InChI=1S/C12H22N4O2/c1-3-10(17-4-2)12-14-11(18-15-12)9-16-7-5-13-6-8-16/h10,13H,3-9H2,1-2H3. The molecule has 0 spiro atoms. The minimum atomic E-state index is -0.0458. The molecule has 1 fully saturated rings. The molecule has 1 aromatic rings. The second kappa shape index (κ2) is 6.82. The minimum Gasteiger partial charge on any atom is -0.370 e. The zero-order chi connectivity index (χ0) is 12.8. The number of rotatable bonds is 6. The predicted octanol–water partition coefficient (Wildman–Crippen LogP) is 0.962. The van der Waals surface area contributed by atoms with Crippen molar-refractivity contribution in [3.63, 3.8) is 0 Å². The first-order chi connectivity index (χ1) is 8.83. The summed E-state index contributed by atoms with van der Waals surface area (Å²) in [5.41, 5.74) is 0. The maximum Gasteiger partial charge on any atom is 0.240 e. The molecule has 1 unspecified atom stereocenters. The van der Waals surface area contributed by atoms with Gasteiger partial charge in [0, 0.05) is 32.8 Å². The lowest BCUT2D eigenvalue weighted by Gasteiger charge is -2.25. The van der Waals surface area contributed by atoms with E-state index in [0.29, 0.717) is 18.3 Å². The summed E-state index contributed by atoms with van der Waals surface area (Å²) in [5, 5.41) is 7.34. The van der Waals surface area contributed by atoms with E-state index in [2.05, 4.69) is 27.3 Å². The van der Waals surface area contributed by atoms with Gasteiger partial charge in [0.2, 0.25) is 11.7 Å². The van der Waals surface area contributed by atoms with Crippen molar-refractivity contribution in [2.45, 2.75) is 32.9 Å². The van der Waals surface area contributed by atoms with Crippen LogP contribution in [0.25, 0.3) is 0 Å². The van der Waals surface area contributed by atoms with Crippen LogP contribution in [0.15, 0.2) is 4.52 Å². The average molecular weight is 254 g/mol. The highest BCUT2D eigenvalue weighted by Crippen LogP contribution is 2.18. The van der Waals surface area contributed by atoms with E-state index in [9.17, 15) is 0 Å². The molecule has 0 aliphatic carbocycles. The Labute approximate surface area is 108 Å². The molecule has 1 aliphatic rings. The smallest absolute Gasteiger partial charge is 0.240 e. The van der Waals surface area contributed by atoms with Gasteiger partial charge in [-0.15, -0.1) is 0 Å². The third-order valence-electron chi connectivity index (χ3n) is 3.08. The Bertz CT molecular complexity index is 350. The van der Waals surface area contributed by atoms with Gasteiger partial charge in [-0.25, -0.2) is 0 Å². The van der Waals surface area contributed by atoms with Gasteiger partial charge in [-0.1, -0.05) is 12.1 Å². The van der Waals surface area contributed by atoms with Gasteiger partial charge < -0.3 is 14.6 Å². The third kappa shape index (κ3) is 3.51. The van der Waals surface area contributed by atoms with Crippen LogP contribution >= 0.6 is 0 Å². The normalized spacial score (nSPS) is 19.0. The molecule has 1 saturated heterocycles. The monoisotopic (exact) mass is 254 g/mol. The lowest BCUT2D eigenvalue weighted by Crippen LogP contribution is -2.42. The fourth-order valence-corrected chi connectivity index (χ4v) is 2.10. The molecule has 6 heteroatoms. The van der Waals surface area contributed by atoms with E-state index in [1.807, 2.05) is 6.92 Å². The molecule has 0 amide bonds. The maximum absolute atomic E-state index is 5.57. The van der Waals surface area contributed by atoms with Crippen LogP contribution in [0.2, 0.25) is 0 Å². The first kappa shape index (κ1) is 13.5. The van der Waals surface area contributed by atoms with E-state index in [1.165, 1.54) is 0 Å². The van der Waals surface area contributed by atoms with Crippen LogP contribution in [0.5, 0.6) is 0 Å². The summed E-state index contributed by atoms with van der Waals surface area (Å²) in [5.74, 6) is 1.36. The zero-order valence-electron chi connectivity index (χ0n) is 11.2. The van der Waals surface area contributed by atoms with E-state index in [0.717, 1.165) is 39.1 Å². The van der Waals surface area contributed by atoms with Crippen LogP contribution in [0.4, 0.5) is 0 Å². The molecule has 1 aromatic heterocycles. The van der Waals surface area contributed by atoms with Crippen molar-refractivity contribution in [3.05, 3.63) is 11.7 Å². The van der Waals surface area contributed by atoms with Crippen LogP contribution in [0.1, 0.15) is 38.1 Å². The number of nitrogens with one attached hydrogen (secondary N) is 1. The lowest BCUT2D eigenvalue weighted by atomic mass is 10.2. The number of aromatic nitrogens is 2. The van der Waals surface area contributed by atoms with Gasteiger partial charge in [0.25, 0.3) is 0 Å². The summed E-state index contributed by atoms with van der Waals surface area (Å²) in [6.45, 7) is 9.55. The molecular weight excluding hydrogens is 232 g/mol. The molecule has 1 atom stereocenters.